The minimum absolute atomic E-state index is 0.145. The fraction of sp³-hybridized carbons (Fsp3) is 0.562. The van der Waals surface area contributed by atoms with E-state index < -0.39 is 5.54 Å². The summed E-state index contributed by atoms with van der Waals surface area (Å²) in [6.45, 7) is 6.02. The van der Waals surface area contributed by atoms with Crippen LogP contribution in [-0.4, -0.2) is 43.2 Å². The van der Waals surface area contributed by atoms with Gasteiger partial charge in [0.15, 0.2) is 0 Å². The summed E-state index contributed by atoms with van der Waals surface area (Å²) in [5.41, 5.74) is 1.53. The molecule has 0 saturated carbocycles. The van der Waals surface area contributed by atoms with E-state index in [4.69, 9.17) is 4.74 Å². The van der Waals surface area contributed by atoms with Gasteiger partial charge in [-0.2, -0.15) is 0 Å². The second-order valence-corrected chi connectivity index (χ2v) is 5.64. The van der Waals surface area contributed by atoms with E-state index in [0.29, 0.717) is 13.2 Å². The van der Waals surface area contributed by atoms with Crippen molar-refractivity contribution in [3.05, 3.63) is 29.8 Å². The van der Waals surface area contributed by atoms with Gasteiger partial charge in [-0.25, -0.2) is 4.79 Å². The molecular weight excluding hydrogens is 252 g/mol. The van der Waals surface area contributed by atoms with Crippen LogP contribution >= 0.6 is 0 Å². The maximum atomic E-state index is 12.4. The zero-order valence-electron chi connectivity index (χ0n) is 12.6. The minimum atomic E-state index is -0.628. The van der Waals surface area contributed by atoms with Gasteiger partial charge in [-0.3, -0.25) is 0 Å². The fourth-order valence-electron chi connectivity index (χ4n) is 2.86. The average molecular weight is 276 g/mol. The first-order valence-corrected chi connectivity index (χ1v) is 7.26. The Morgan fingerprint density at radius 2 is 2.30 bits per heavy atom. The Morgan fingerprint density at radius 3 is 2.95 bits per heavy atom. The van der Waals surface area contributed by atoms with Crippen LogP contribution in [0.1, 0.15) is 25.3 Å². The van der Waals surface area contributed by atoms with Crippen molar-refractivity contribution in [1.82, 2.24) is 4.90 Å². The summed E-state index contributed by atoms with van der Waals surface area (Å²) in [6.07, 6.45) is 1.80. The Hall–Kier alpha value is -1.55. The Bertz CT molecular complexity index is 475. The highest BCUT2D eigenvalue weighted by atomic mass is 16.5. The van der Waals surface area contributed by atoms with Crippen molar-refractivity contribution in [3.8, 4) is 0 Å². The number of piperidine rings is 1. The van der Waals surface area contributed by atoms with E-state index in [9.17, 15) is 4.79 Å². The van der Waals surface area contributed by atoms with Crippen LogP contribution in [0, 0.1) is 6.92 Å². The SMILES string of the molecule is CCOC(=O)C1(Nc2cccc(C)c2)CCCN(C)C1. The number of esters is 1. The highest BCUT2D eigenvalue weighted by Crippen LogP contribution is 2.27. The van der Waals surface area contributed by atoms with E-state index in [1.807, 2.05) is 26.1 Å². The molecule has 0 amide bonds. The summed E-state index contributed by atoms with van der Waals surface area (Å²) in [5.74, 6) is -0.145. The number of aryl methyl sites for hydroxylation is 1. The van der Waals surface area contributed by atoms with Crippen LogP contribution in [0.4, 0.5) is 5.69 Å². The Morgan fingerprint density at radius 1 is 1.50 bits per heavy atom. The molecule has 2 rings (SSSR count). The number of rotatable bonds is 4. The molecule has 4 heteroatoms. The molecule has 0 aromatic heterocycles. The summed E-state index contributed by atoms with van der Waals surface area (Å²) < 4.78 is 5.31. The lowest BCUT2D eigenvalue weighted by molar-refractivity contribution is -0.150. The topological polar surface area (TPSA) is 41.6 Å². The molecule has 1 atom stereocenters. The molecule has 1 fully saturated rings. The predicted molar refractivity (Wildman–Crippen MR) is 80.9 cm³/mol. The van der Waals surface area contributed by atoms with Crippen molar-refractivity contribution >= 4 is 11.7 Å². The number of anilines is 1. The molecule has 1 aromatic rings. The zero-order valence-corrected chi connectivity index (χ0v) is 12.6. The highest BCUT2D eigenvalue weighted by Gasteiger charge is 2.42. The van der Waals surface area contributed by atoms with Gasteiger partial charge in [0, 0.05) is 12.2 Å². The quantitative estimate of drug-likeness (QED) is 0.858. The molecule has 1 N–H and O–H groups in total. The van der Waals surface area contributed by atoms with Crippen LogP contribution < -0.4 is 5.32 Å². The lowest BCUT2D eigenvalue weighted by Gasteiger charge is -2.40. The number of likely N-dealkylation sites (tertiary alicyclic amines) is 1. The number of likely N-dealkylation sites (N-methyl/N-ethyl adjacent to an activating group) is 1. The predicted octanol–water partition coefficient (Wildman–Crippen LogP) is 2.43. The maximum absolute atomic E-state index is 12.4. The minimum Gasteiger partial charge on any atom is -0.464 e. The van der Waals surface area contributed by atoms with Crippen LogP contribution in [0.2, 0.25) is 0 Å². The average Bonchev–Trinajstić information content (AvgIpc) is 2.39. The van der Waals surface area contributed by atoms with Gasteiger partial charge in [-0.1, -0.05) is 12.1 Å². The molecule has 110 valence electrons. The molecule has 1 aliphatic heterocycles. The molecular formula is C16H24N2O2. The third kappa shape index (κ3) is 3.31. The van der Waals surface area contributed by atoms with E-state index in [1.165, 1.54) is 5.56 Å². The second-order valence-electron chi connectivity index (χ2n) is 5.64. The number of nitrogens with one attached hydrogen (secondary N) is 1. The van der Waals surface area contributed by atoms with Crippen molar-refractivity contribution in [2.75, 3.05) is 32.1 Å². The summed E-state index contributed by atoms with van der Waals surface area (Å²) in [4.78, 5) is 14.6. The normalized spacial score (nSPS) is 23.4. The molecule has 1 aromatic carbocycles. The molecule has 0 aliphatic carbocycles. The molecule has 0 radical (unpaired) electrons. The standard InChI is InChI=1S/C16H24N2O2/c1-4-20-15(19)16(9-6-10-18(3)12-16)17-14-8-5-7-13(2)11-14/h5,7-8,11,17H,4,6,9-10,12H2,1-3H3. The van der Waals surface area contributed by atoms with Gasteiger partial charge in [0.25, 0.3) is 0 Å². The van der Waals surface area contributed by atoms with Crippen molar-refractivity contribution in [2.45, 2.75) is 32.2 Å². The molecule has 1 aliphatic rings. The van der Waals surface area contributed by atoms with E-state index in [-0.39, 0.29) is 5.97 Å². The van der Waals surface area contributed by atoms with Gasteiger partial charge in [-0.05, 0) is 58.0 Å². The number of hydrogen-bond acceptors (Lipinski definition) is 4. The summed E-state index contributed by atoms with van der Waals surface area (Å²) in [6, 6.07) is 8.12. The molecule has 0 spiro atoms. The van der Waals surface area contributed by atoms with Gasteiger partial charge < -0.3 is 15.0 Å². The number of ether oxygens (including phenoxy) is 1. The van der Waals surface area contributed by atoms with Gasteiger partial charge >= 0.3 is 5.97 Å². The van der Waals surface area contributed by atoms with Gasteiger partial charge in [0.2, 0.25) is 0 Å². The fourth-order valence-corrected chi connectivity index (χ4v) is 2.86. The van der Waals surface area contributed by atoms with Gasteiger partial charge in [0.05, 0.1) is 6.61 Å². The van der Waals surface area contributed by atoms with Crippen LogP contribution in [0.5, 0.6) is 0 Å². The molecule has 4 nitrogen and oxygen atoms in total. The van der Waals surface area contributed by atoms with E-state index in [0.717, 1.165) is 25.1 Å². The van der Waals surface area contributed by atoms with E-state index in [1.54, 1.807) is 0 Å². The van der Waals surface area contributed by atoms with Crippen molar-refractivity contribution in [3.63, 3.8) is 0 Å². The van der Waals surface area contributed by atoms with Crippen LogP contribution in [-0.2, 0) is 9.53 Å². The second kappa shape index (κ2) is 6.27. The smallest absolute Gasteiger partial charge is 0.333 e. The van der Waals surface area contributed by atoms with Crippen LogP contribution in [0.3, 0.4) is 0 Å². The summed E-state index contributed by atoms with van der Waals surface area (Å²) >= 11 is 0. The molecule has 20 heavy (non-hydrogen) atoms. The zero-order chi connectivity index (χ0) is 14.6. The molecule has 1 saturated heterocycles. The Kier molecular flexibility index (Phi) is 4.65. The van der Waals surface area contributed by atoms with E-state index >= 15 is 0 Å². The number of hydrogen-bond donors (Lipinski definition) is 1. The first-order valence-electron chi connectivity index (χ1n) is 7.26. The number of nitrogens with zero attached hydrogens (tertiary/aromatic N) is 1. The lowest BCUT2D eigenvalue weighted by atomic mass is 9.88. The van der Waals surface area contributed by atoms with Crippen molar-refractivity contribution < 1.29 is 9.53 Å². The van der Waals surface area contributed by atoms with Crippen molar-refractivity contribution in [1.29, 1.82) is 0 Å². The number of carbonyl (C=O) groups is 1. The maximum Gasteiger partial charge on any atom is 0.333 e. The van der Waals surface area contributed by atoms with Crippen LogP contribution in [0.25, 0.3) is 0 Å². The van der Waals surface area contributed by atoms with Crippen LogP contribution in [0.15, 0.2) is 24.3 Å². The molecule has 0 bridgehead atoms. The third-order valence-corrected chi connectivity index (χ3v) is 3.75. The van der Waals surface area contributed by atoms with Crippen molar-refractivity contribution in [2.24, 2.45) is 0 Å². The Balaban J connectivity index is 2.24. The largest absolute Gasteiger partial charge is 0.464 e. The highest BCUT2D eigenvalue weighted by molar-refractivity contribution is 5.85. The first kappa shape index (κ1) is 14.9. The molecule has 1 unspecified atom stereocenters. The number of benzene rings is 1. The monoisotopic (exact) mass is 276 g/mol. The van der Waals surface area contributed by atoms with Gasteiger partial charge in [-0.15, -0.1) is 0 Å². The summed E-state index contributed by atoms with van der Waals surface area (Å²) in [7, 11) is 2.05. The third-order valence-electron chi connectivity index (χ3n) is 3.75. The Labute approximate surface area is 121 Å². The summed E-state index contributed by atoms with van der Waals surface area (Å²) in [5, 5.41) is 3.43. The lowest BCUT2D eigenvalue weighted by Crippen LogP contribution is -2.57. The van der Waals surface area contributed by atoms with E-state index in [2.05, 4.69) is 29.3 Å². The number of carbonyl (C=O) groups excluding carboxylic acids is 1. The van der Waals surface area contributed by atoms with Gasteiger partial charge in [0.1, 0.15) is 5.54 Å². The molecule has 1 heterocycles. The first-order chi connectivity index (χ1) is 9.55.